The van der Waals surface area contributed by atoms with Gasteiger partial charge in [-0.25, -0.2) is 0 Å². The molecule has 4 nitrogen and oxygen atoms in total. The van der Waals surface area contributed by atoms with Crippen molar-refractivity contribution in [3.8, 4) is 6.07 Å². The van der Waals surface area contributed by atoms with Crippen LogP contribution in [0.3, 0.4) is 0 Å². The summed E-state index contributed by atoms with van der Waals surface area (Å²) in [6, 6.07) is 2.35. The number of hydrogen-bond acceptors (Lipinski definition) is 3. The predicted molar refractivity (Wildman–Crippen MR) is 71.6 cm³/mol. The van der Waals surface area contributed by atoms with E-state index in [4.69, 9.17) is 11.0 Å². The maximum Gasteiger partial charge on any atom is 0.220 e. The molecule has 0 saturated heterocycles. The van der Waals surface area contributed by atoms with E-state index < -0.39 is 0 Å². The first-order chi connectivity index (χ1) is 8.48. The lowest BCUT2D eigenvalue weighted by Crippen LogP contribution is -2.37. The molecule has 1 aliphatic rings. The van der Waals surface area contributed by atoms with Crippen LogP contribution >= 0.6 is 0 Å². The van der Waals surface area contributed by atoms with E-state index >= 15 is 0 Å². The van der Waals surface area contributed by atoms with Crippen molar-refractivity contribution in [2.45, 2.75) is 58.4 Å². The summed E-state index contributed by atoms with van der Waals surface area (Å²) in [5.74, 6) is 0.0817. The van der Waals surface area contributed by atoms with E-state index in [1.54, 1.807) is 0 Å². The van der Waals surface area contributed by atoms with Crippen molar-refractivity contribution in [3.05, 3.63) is 0 Å². The molecule has 0 radical (unpaired) electrons. The Morgan fingerprint density at radius 3 is 2.78 bits per heavy atom. The molecule has 0 aromatic heterocycles. The molecule has 2 atom stereocenters. The smallest absolute Gasteiger partial charge is 0.220 e. The van der Waals surface area contributed by atoms with Crippen LogP contribution in [0, 0.1) is 22.7 Å². The van der Waals surface area contributed by atoms with Crippen LogP contribution in [-0.4, -0.2) is 18.5 Å². The Hall–Kier alpha value is -1.08. The highest BCUT2D eigenvalue weighted by Gasteiger charge is 2.28. The van der Waals surface area contributed by atoms with E-state index in [2.05, 4.69) is 25.2 Å². The van der Waals surface area contributed by atoms with Crippen LogP contribution in [0.25, 0.3) is 0 Å². The molecule has 4 heteroatoms. The zero-order chi connectivity index (χ0) is 13.6. The summed E-state index contributed by atoms with van der Waals surface area (Å²) in [6.45, 7) is 4.94. The van der Waals surface area contributed by atoms with Crippen molar-refractivity contribution in [2.24, 2.45) is 17.1 Å². The van der Waals surface area contributed by atoms with Crippen LogP contribution in [0.5, 0.6) is 0 Å². The standard InChI is InChI=1S/C14H25N3O/c1-14(2,8-9-15)7-6-13(18)17-12-5-3-4-11(12)10-16/h11-12H,3-9,15H2,1-2H3,(H,17,18). The number of nitrogens with one attached hydrogen (secondary N) is 1. The molecule has 18 heavy (non-hydrogen) atoms. The Morgan fingerprint density at radius 2 is 2.17 bits per heavy atom. The number of carbonyl (C=O) groups excluding carboxylic acids is 1. The van der Waals surface area contributed by atoms with Crippen LogP contribution in [0.4, 0.5) is 0 Å². The van der Waals surface area contributed by atoms with Gasteiger partial charge in [0, 0.05) is 12.5 Å². The fraction of sp³-hybridized carbons (Fsp3) is 0.857. The number of nitriles is 1. The molecule has 0 aromatic rings. The van der Waals surface area contributed by atoms with Crippen molar-refractivity contribution < 1.29 is 4.79 Å². The molecule has 0 heterocycles. The van der Waals surface area contributed by atoms with E-state index in [-0.39, 0.29) is 23.3 Å². The zero-order valence-electron chi connectivity index (χ0n) is 11.5. The van der Waals surface area contributed by atoms with Crippen molar-refractivity contribution >= 4 is 5.91 Å². The molecule has 3 N–H and O–H groups in total. The van der Waals surface area contributed by atoms with Gasteiger partial charge in [-0.05, 0) is 44.1 Å². The number of nitrogens with two attached hydrogens (primary N) is 1. The van der Waals surface area contributed by atoms with Crippen molar-refractivity contribution in [2.75, 3.05) is 6.54 Å². The van der Waals surface area contributed by atoms with Gasteiger partial charge in [0.15, 0.2) is 0 Å². The van der Waals surface area contributed by atoms with E-state index in [9.17, 15) is 4.79 Å². The number of carbonyl (C=O) groups is 1. The fourth-order valence-electron chi connectivity index (χ4n) is 2.53. The van der Waals surface area contributed by atoms with Gasteiger partial charge in [-0.15, -0.1) is 0 Å². The molecular weight excluding hydrogens is 226 g/mol. The summed E-state index contributed by atoms with van der Waals surface area (Å²) in [7, 11) is 0. The summed E-state index contributed by atoms with van der Waals surface area (Å²) in [6.07, 6.45) is 5.21. The maximum absolute atomic E-state index is 11.9. The SMILES string of the molecule is CC(C)(CCN)CCC(=O)NC1CCCC1C#N. The second-order valence-electron chi connectivity index (χ2n) is 6.04. The van der Waals surface area contributed by atoms with Gasteiger partial charge in [-0.2, -0.15) is 5.26 Å². The normalized spacial score (nSPS) is 23.7. The third-order valence-corrected chi connectivity index (χ3v) is 3.88. The predicted octanol–water partition coefficient (Wildman–Crippen LogP) is 1.95. The molecule has 2 unspecified atom stereocenters. The van der Waals surface area contributed by atoms with Gasteiger partial charge >= 0.3 is 0 Å². The summed E-state index contributed by atoms with van der Waals surface area (Å²) in [5, 5.41) is 12.0. The topological polar surface area (TPSA) is 78.9 Å². The quantitative estimate of drug-likeness (QED) is 0.757. The molecular formula is C14H25N3O. The summed E-state index contributed by atoms with van der Waals surface area (Å²) < 4.78 is 0. The number of hydrogen-bond donors (Lipinski definition) is 2. The third kappa shape index (κ3) is 4.66. The third-order valence-electron chi connectivity index (χ3n) is 3.88. The summed E-state index contributed by atoms with van der Waals surface area (Å²) >= 11 is 0. The Balaban J connectivity index is 2.32. The Morgan fingerprint density at radius 1 is 1.44 bits per heavy atom. The Bertz CT molecular complexity index is 319. The molecule has 0 aromatic carbocycles. The van der Waals surface area contributed by atoms with Crippen molar-refractivity contribution in [1.82, 2.24) is 5.32 Å². The van der Waals surface area contributed by atoms with Gasteiger partial charge in [0.25, 0.3) is 0 Å². The second-order valence-corrected chi connectivity index (χ2v) is 6.04. The van der Waals surface area contributed by atoms with Crippen molar-refractivity contribution in [1.29, 1.82) is 5.26 Å². The van der Waals surface area contributed by atoms with E-state index in [0.717, 1.165) is 32.1 Å². The molecule has 1 fully saturated rings. The van der Waals surface area contributed by atoms with E-state index in [1.165, 1.54) is 0 Å². The van der Waals surface area contributed by atoms with Crippen molar-refractivity contribution in [3.63, 3.8) is 0 Å². The van der Waals surface area contributed by atoms with Gasteiger partial charge in [-0.3, -0.25) is 4.79 Å². The highest BCUT2D eigenvalue weighted by molar-refractivity contribution is 5.76. The van der Waals surface area contributed by atoms with E-state index in [0.29, 0.717) is 13.0 Å². The summed E-state index contributed by atoms with van der Waals surface area (Å²) in [5.41, 5.74) is 5.67. The van der Waals surface area contributed by atoms with Gasteiger partial charge in [-0.1, -0.05) is 13.8 Å². The Labute approximate surface area is 110 Å². The minimum Gasteiger partial charge on any atom is -0.352 e. The minimum absolute atomic E-state index is 0.00556. The monoisotopic (exact) mass is 251 g/mol. The first-order valence-electron chi connectivity index (χ1n) is 6.87. The largest absolute Gasteiger partial charge is 0.352 e. The highest BCUT2D eigenvalue weighted by Crippen LogP contribution is 2.27. The van der Waals surface area contributed by atoms with Crippen LogP contribution in [-0.2, 0) is 4.79 Å². The lowest BCUT2D eigenvalue weighted by Gasteiger charge is -2.24. The first kappa shape index (κ1) is 15.0. The van der Waals surface area contributed by atoms with Gasteiger partial charge in [0.1, 0.15) is 0 Å². The fourth-order valence-corrected chi connectivity index (χ4v) is 2.53. The van der Waals surface area contributed by atoms with Gasteiger partial charge in [0.2, 0.25) is 5.91 Å². The average molecular weight is 251 g/mol. The summed E-state index contributed by atoms with van der Waals surface area (Å²) in [4.78, 5) is 11.9. The maximum atomic E-state index is 11.9. The second kappa shape index (κ2) is 6.75. The van der Waals surface area contributed by atoms with Crippen LogP contribution in [0.2, 0.25) is 0 Å². The van der Waals surface area contributed by atoms with E-state index in [1.807, 2.05) is 0 Å². The molecule has 1 rings (SSSR count). The lowest BCUT2D eigenvalue weighted by molar-refractivity contribution is -0.122. The van der Waals surface area contributed by atoms with Crippen LogP contribution in [0.15, 0.2) is 0 Å². The highest BCUT2D eigenvalue weighted by atomic mass is 16.1. The molecule has 102 valence electrons. The molecule has 0 aliphatic heterocycles. The van der Waals surface area contributed by atoms with Crippen LogP contribution in [0.1, 0.15) is 52.4 Å². The zero-order valence-corrected chi connectivity index (χ0v) is 11.5. The number of amides is 1. The minimum atomic E-state index is 0.00556. The molecule has 0 spiro atoms. The molecule has 1 aliphatic carbocycles. The van der Waals surface area contributed by atoms with Gasteiger partial charge < -0.3 is 11.1 Å². The molecule has 1 saturated carbocycles. The Kier molecular flexibility index (Phi) is 5.61. The first-order valence-corrected chi connectivity index (χ1v) is 6.87. The average Bonchev–Trinajstić information content (AvgIpc) is 2.74. The van der Waals surface area contributed by atoms with Gasteiger partial charge in [0.05, 0.1) is 12.0 Å². The number of rotatable bonds is 6. The lowest BCUT2D eigenvalue weighted by atomic mass is 9.84. The van der Waals surface area contributed by atoms with Crippen LogP contribution < -0.4 is 11.1 Å². The molecule has 0 bridgehead atoms. The number of nitrogens with zero attached hydrogens (tertiary/aromatic N) is 1. The molecule has 1 amide bonds.